The van der Waals surface area contributed by atoms with E-state index < -0.39 is 0 Å². The summed E-state index contributed by atoms with van der Waals surface area (Å²) >= 11 is 0. The molecule has 0 bridgehead atoms. The molecule has 102 valence electrons. The van der Waals surface area contributed by atoms with E-state index in [0.717, 1.165) is 11.1 Å². The summed E-state index contributed by atoms with van der Waals surface area (Å²) in [5.41, 5.74) is 7.80. The molecule has 0 saturated heterocycles. The molecule has 0 fully saturated rings. The molecule has 0 aliphatic carbocycles. The van der Waals surface area contributed by atoms with Crippen LogP contribution >= 0.6 is 0 Å². The molecule has 0 saturated carbocycles. The van der Waals surface area contributed by atoms with Gasteiger partial charge in [-0.3, -0.25) is 9.48 Å². The predicted octanol–water partition coefficient (Wildman–Crippen LogP) is 0.660. The van der Waals surface area contributed by atoms with Crippen LogP contribution in [0, 0.1) is 11.8 Å². The van der Waals surface area contributed by atoms with Gasteiger partial charge in [0.1, 0.15) is 0 Å². The molecule has 1 amide bonds. The number of nitrogens with one attached hydrogen (secondary N) is 1. The van der Waals surface area contributed by atoms with Crippen molar-refractivity contribution in [3.05, 3.63) is 53.3 Å². The molecule has 20 heavy (non-hydrogen) atoms. The van der Waals surface area contributed by atoms with E-state index in [1.54, 1.807) is 24.1 Å². The Hall–Kier alpha value is -2.58. The molecule has 1 aromatic heterocycles. The second-order valence-corrected chi connectivity index (χ2v) is 4.29. The first-order valence-electron chi connectivity index (χ1n) is 6.24. The Labute approximate surface area is 117 Å². The number of nitrogens with two attached hydrogens (primary N) is 1. The van der Waals surface area contributed by atoms with E-state index in [1.807, 2.05) is 24.3 Å². The third-order valence-corrected chi connectivity index (χ3v) is 2.71. The summed E-state index contributed by atoms with van der Waals surface area (Å²) in [4.78, 5) is 11.8. The van der Waals surface area contributed by atoms with Crippen LogP contribution in [0.4, 0.5) is 0 Å². The van der Waals surface area contributed by atoms with Gasteiger partial charge in [-0.15, -0.1) is 0 Å². The molecular formula is C15H16N4O. The minimum atomic E-state index is -0.134. The second-order valence-electron chi connectivity index (χ2n) is 4.29. The summed E-state index contributed by atoms with van der Waals surface area (Å²) in [5, 5.41) is 6.81. The highest BCUT2D eigenvalue weighted by Crippen LogP contribution is 2.04. The zero-order chi connectivity index (χ0) is 14.4. The van der Waals surface area contributed by atoms with Gasteiger partial charge in [0.05, 0.1) is 18.3 Å². The molecule has 5 heteroatoms. The van der Waals surface area contributed by atoms with Crippen molar-refractivity contribution >= 4 is 5.91 Å². The molecule has 0 atom stereocenters. The van der Waals surface area contributed by atoms with Gasteiger partial charge in [0.15, 0.2) is 0 Å². The smallest absolute Gasteiger partial charge is 0.254 e. The summed E-state index contributed by atoms with van der Waals surface area (Å²) in [6.07, 6.45) is 3.22. The van der Waals surface area contributed by atoms with Crippen molar-refractivity contribution in [3.8, 4) is 11.8 Å². The third kappa shape index (κ3) is 3.70. The Morgan fingerprint density at radius 1 is 1.40 bits per heavy atom. The van der Waals surface area contributed by atoms with Gasteiger partial charge in [0, 0.05) is 25.4 Å². The van der Waals surface area contributed by atoms with Crippen LogP contribution in [0.5, 0.6) is 0 Å². The van der Waals surface area contributed by atoms with Crippen molar-refractivity contribution < 1.29 is 4.79 Å². The van der Waals surface area contributed by atoms with E-state index >= 15 is 0 Å². The number of benzene rings is 1. The second kappa shape index (κ2) is 6.55. The van der Waals surface area contributed by atoms with Gasteiger partial charge < -0.3 is 11.1 Å². The predicted molar refractivity (Wildman–Crippen MR) is 76.8 cm³/mol. The Morgan fingerprint density at radius 3 is 2.75 bits per heavy atom. The zero-order valence-corrected chi connectivity index (χ0v) is 11.3. The highest BCUT2D eigenvalue weighted by Gasteiger charge is 2.06. The van der Waals surface area contributed by atoms with E-state index in [1.165, 1.54) is 0 Å². The lowest BCUT2D eigenvalue weighted by atomic mass is 10.1. The van der Waals surface area contributed by atoms with Crippen molar-refractivity contribution in [2.75, 3.05) is 6.54 Å². The van der Waals surface area contributed by atoms with E-state index in [2.05, 4.69) is 22.3 Å². The lowest BCUT2D eigenvalue weighted by Crippen LogP contribution is -2.22. The number of amides is 1. The molecule has 1 heterocycles. The normalized spacial score (nSPS) is 9.70. The van der Waals surface area contributed by atoms with Crippen molar-refractivity contribution in [3.63, 3.8) is 0 Å². The van der Waals surface area contributed by atoms with Gasteiger partial charge in [-0.05, 0) is 17.7 Å². The van der Waals surface area contributed by atoms with Crippen LogP contribution in [-0.2, 0) is 13.6 Å². The molecule has 0 unspecified atom stereocenters. The highest BCUT2D eigenvalue weighted by molar-refractivity contribution is 5.93. The summed E-state index contributed by atoms with van der Waals surface area (Å²) in [6.45, 7) is 0.821. The fourth-order valence-corrected chi connectivity index (χ4v) is 1.68. The lowest BCUT2D eigenvalue weighted by Gasteiger charge is -2.03. The van der Waals surface area contributed by atoms with Gasteiger partial charge >= 0.3 is 0 Å². The Morgan fingerprint density at radius 2 is 2.15 bits per heavy atom. The van der Waals surface area contributed by atoms with Crippen molar-refractivity contribution in [2.24, 2.45) is 12.8 Å². The first kappa shape index (κ1) is 13.8. The fourth-order valence-electron chi connectivity index (χ4n) is 1.68. The summed E-state index contributed by atoms with van der Waals surface area (Å²) in [7, 11) is 1.78. The number of rotatable bonds is 3. The number of carbonyl (C=O) groups is 1. The summed E-state index contributed by atoms with van der Waals surface area (Å²) in [5.74, 6) is 5.61. The van der Waals surface area contributed by atoms with Crippen LogP contribution in [0.2, 0.25) is 0 Å². The lowest BCUT2D eigenvalue weighted by molar-refractivity contribution is 0.0951. The Bertz CT molecular complexity index is 647. The summed E-state index contributed by atoms with van der Waals surface area (Å²) in [6, 6.07) is 7.69. The average molecular weight is 268 g/mol. The fraction of sp³-hybridized carbons (Fsp3) is 0.200. The maximum atomic E-state index is 11.8. The topological polar surface area (TPSA) is 72.9 Å². The number of hydrogen-bond donors (Lipinski definition) is 2. The molecule has 2 aromatic rings. The van der Waals surface area contributed by atoms with Crippen LogP contribution in [0.3, 0.4) is 0 Å². The van der Waals surface area contributed by atoms with Crippen molar-refractivity contribution in [1.29, 1.82) is 0 Å². The maximum Gasteiger partial charge on any atom is 0.254 e. The molecule has 0 spiro atoms. The van der Waals surface area contributed by atoms with Crippen molar-refractivity contribution in [2.45, 2.75) is 6.54 Å². The molecule has 1 aromatic carbocycles. The van der Waals surface area contributed by atoms with Crippen LogP contribution in [0.25, 0.3) is 0 Å². The SMILES string of the molecule is Cn1cc(C(=O)NCc2ccc(C#CCN)cc2)cn1. The average Bonchev–Trinajstić information content (AvgIpc) is 2.90. The van der Waals surface area contributed by atoms with Crippen LogP contribution in [0.1, 0.15) is 21.5 Å². The summed E-state index contributed by atoms with van der Waals surface area (Å²) < 4.78 is 1.60. The minimum Gasteiger partial charge on any atom is -0.348 e. The third-order valence-electron chi connectivity index (χ3n) is 2.71. The number of carbonyl (C=O) groups excluding carboxylic acids is 1. The Kier molecular flexibility index (Phi) is 4.53. The minimum absolute atomic E-state index is 0.134. The first-order valence-corrected chi connectivity index (χ1v) is 6.24. The van der Waals surface area contributed by atoms with Gasteiger partial charge in [-0.2, -0.15) is 5.10 Å². The number of aryl methyl sites for hydroxylation is 1. The number of hydrogen-bond acceptors (Lipinski definition) is 3. The van der Waals surface area contributed by atoms with Crippen LogP contribution < -0.4 is 11.1 Å². The Balaban J connectivity index is 1.92. The molecule has 0 aliphatic rings. The largest absolute Gasteiger partial charge is 0.348 e. The molecule has 5 nitrogen and oxygen atoms in total. The van der Waals surface area contributed by atoms with Gasteiger partial charge in [0.2, 0.25) is 0 Å². The van der Waals surface area contributed by atoms with Crippen LogP contribution in [-0.4, -0.2) is 22.2 Å². The van der Waals surface area contributed by atoms with E-state index in [9.17, 15) is 4.79 Å². The quantitative estimate of drug-likeness (QED) is 0.803. The van der Waals surface area contributed by atoms with E-state index in [0.29, 0.717) is 18.7 Å². The molecule has 3 N–H and O–H groups in total. The number of nitrogens with zero attached hydrogens (tertiary/aromatic N) is 2. The number of aromatic nitrogens is 2. The maximum absolute atomic E-state index is 11.8. The van der Waals surface area contributed by atoms with Gasteiger partial charge in [0.25, 0.3) is 5.91 Å². The monoisotopic (exact) mass is 268 g/mol. The molecule has 2 rings (SSSR count). The van der Waals surface area contributed by atoms with Crippen molar-refractivity contribution in [1.82, 2.24) is 15.1 Å². The van der Waals surface area contributed by atoms with E-state index in [-0.39, 0.29) is 5.91 Å². The van der Waals surface area contributed by atoms with Gasteiger partial charge in [-0.25, -0.2) is 0 Å². The highest BCUT2D eigenvalue weighted by atomic mass is 16.1. The zero-order valence-electron chi connectivity index (χ0n) is 11.3. The molecular weight excluding hydrogens is 252 g/mol. The molecule has 0 radical (unpaired) electrons. The van der Waals surface area contributed by atoms with E-state index in [4.69, 9.17) is 5.73 Å². The standard InChI is InChI=1S/C15H16N4O/c1-19-11-14(10-18-19)15(20)17-9-13-6-4-12(5-7-13)3-2-8-16/h4-7,10-11H,8-9,16H2,1H3,(H,17,20). The van der Waals surface area contributed by atoms with Crippen LogP contribution in [0.15, 0.2) is 36.7 Å². The van der Waals surface area contributed by atoms with Gasteiger partial charge in [-0.1, -0.05) is 24.0 Å². The molecule has 0 aliphatic heterocycles. The first-order chi connectivity index (χ1) is 9.69.